The molecule has 1 heterocycles. The molecular formula is C14H15N5O3. The van der Waals surface area contributed by atoms with Crippen LogP contribution in [0.25, 0.3) is 0 Å². The molecule has 0 aliphatic carbocycles. The Kier molecular flexibility index (Phi) is 4.52. The lowest BCUT2D eigenvalue weighted by atomic mass is 10.2. The van der Waals surface area contributed by atoms with Crippen molar-refractivity contribution in [3.63, 3.8) is 0 Å². The van der Waals surface area contributed by atoms with Gasteiger partial charge in [-0.15, -0.1) is 0 Å². The third kappa shape index (κ3) is 3.48. The Bertz CT molecular complexity index is 717. The van der Waals surface area contributed by atoms with E-state index >= 15 is 0 Å². The second-order valence-corrected chi connectivity index (χ2v) is 4.34. The van der Waals surface area contributed by atoms with Gasteiger partial charge in [-0.25, -0.2) is 9.97 Å². The van der Waals surface area contributed by atoms with E-state index < -0.39 is 5.91 Å². The Morgan fingerprint density at radius 1 is 1.18 bits per heavy atom. The van der Waals surface area contributed by atoms with Crippen LogP contribution in [0.15, 0.2) is 30.6 Å². The number of hydrogen-bond acceptors (Lipinski definition) is 6. The molecule has 0 saturated carbocycles. The number of amides is 2. The number of nitrogens with one attached hydrogen (secondary N) is 2. The monoisotopic (exact) mass is 301 g/mol. The van der Waals surface area contributed by atoms with Gasteiger partial charge in [0.2, 0.25) is 5.91 Å². The van der Waals surface area contributed by atoms with E-state index in [-0.39, 0.29) is 17.4 Å². The lowest BCUT2D eigenvalue weighted by molar-refractivity contribution is -0.114. The minimum absolute atomic E-state index is 0.00878. The van der Waals surface area contributed by atoms with Crippen molar-refractivity contribution in [1.29, 1.82) is 0 Å². The Balaban J connectivity index is 2.29. The number of rotatable bonds is 4. The van der Waals surface area contributed by atoms with Gasteiger partial charge in [-0.2, -0.15) is 0 Å². The molecule has 2 aromatic rings. The largest absolute Gasteiger partial charge is 0.495 e. The number of carbonyl (C=O) groups excluding carboxylic acids is 2. The quantitative estimate of drug-likeness (QED) is 0.782. The first-order valence-electron chi connectivity index (χ1n) is 6.34. The summed E-state index contributed by atoms with van der Waals surface area (Å²) in [5.74, 6) is -0.286. The van der Waals surface area contributed by atoms with Crippen molar-refractivity contribution in [2.75, 3.05) is 23.5 Å². The van der Waals surface area contributed by atoms with Gasteiger partial charge in [-0.3, -0.25) is 9.59 Å². The number of hydrogen-bond donors (Lipinski definition) is 3. The Hall–Kier alpha value is -3.16. The van der Waals surface area contributed by atoms with E-state index in [1.54, 1.807) is 18.2 Å². The smallest absolute Gasteiger partial charge is 0.278 e. The summed E-state index contributed by atoms with van der Waals surface area (Å²) in [5, 5.41) is 5.26. The third-order valence-corrected chi connectivity index (χ3v) is 2.71. The number of carbonyl (C=O) groups is 2. The Morgan fingerprint density at radius 2 is 1.91 bits per heavy atom. The van der Waals surface area contributed by atoms with E-state index in [1.165, 1.54) is 26.4 Å². The van der Waals surface area contributed by atoms with E-state index in [4.69, 9.17) is 10.5 Å². The standard InChI is InChI=1S/C14H15N5O3/c1-8(20)18-9-3-4-11(22-2)10(7-9)19-14(21)12-13(15)17-6-5-16-12/h3-7H,1-2H3,(H2,15,17)(H,18,20)(H,19,21). The van der Waals surface area contributed by atoms with Crippen LogP contribution in [-0.2, 0) is 4.79 Å². The summed E-state index contributed by atoms with van der Waals surface area (Å²) in [4.78, 5) is 31.0. The molecule has 22 heavy (non-hydrogen) atoms. The van der Waals surface area contributed by atoms with Crippen molar-refractivity contribution in [3.05, 3.63) is 36.3 Å². The molecule has 1 aromatic heterocycles. The zero-order chi connectivity index (χ0) is 16.1. The van der Waals surface area contributed by atoms with Crippen LogP contribution in [-0.4, -0.2) is 28.9 Å². The van der Waals surface area contributed by atoms with Crippen LogP contribution >= 0.6 is 0 Å². The Morgan fingerprint density at radius 3 is 2.55 bits per heavy atom. The van der Waals surface area contributed by atoms with Gasteiger partial charge >= 0.3 is 0 Å². The molecule has 0 radical (unpaired) electrons. The van der Waals surface area contributed by atoms with Crippen molar-refractivity contribution >= 4 is 29.0 Å². The number of nitrogen functional groups attached to an aromatic ring is 1. The summed E-state index contributed by atoms with van der Waals surface area (Å²) < 4.78 is 5.18. The zero-order valence-electron chi connectivity index (χ0n) is 12.1. The van der Waals surface area contributed by atoms with Crippen LogP contribution in [0.2, 0.25) is 0 Å². The summed E-state index contributed by atoms with van der Waals surface area (Å²) in [6.07, 6.45) is 2.76. The SMILES string of the molecule is COc1ccc(NC(C)=O)cc1NC(=O)c1nccnc1N. The molecule has 8 heteroatoms. The van der Waals surface area contributed by atoms with Gasteiger partial charge in [-0.05, 0) is 18.2 Å². The summed E-state index contributed by atoms with van der Waals surface area (Å²) in [5.41, 5.74) is 6.53. The molecule has 0 bridgehead atoms. The highest BCUT2D eigenvalue weighted by molar-refractivity contribution is 6.06. The molecule has 114 valence electrons. The highest BCUT2D eigenvalue weighted by Crippen LogP contribution is 2.28. The van der Waals surface area contributed by atoms with Crippen molar-refractivity contribution in [2.24, 2.45) is 0 Å². The lowest BCUT2D eigenvalue weighted by Gasteiger charge is -2.12. The number of nitrogens with two attached hydrogens (primary N) is 1. The van der Waals surface area contributed by atoms with Gasteiger partial charge in [-0.1, -0.05) is 0 Å². The molecule has 1 aromatic carbocycles. The van der Waals surface area contributed by atoms with Crippen LogP contribution in [0, 0.1) is 0 Å². The van der Waals surface area contributed by atoms with Gasteiger partial charge < -0.3 is 21.1 Å². The first-order valence-corrected chi connectivity index (χ1v) is 6.34. The molecular weight excluding hydrogens is 286 g/mol. The van der Waals surface area contributed by atoms with Gasteiger partial charge in [0.15, 0.2) is 11.5 Å². The van der Waals surface area contributed by atoms with Crippen LogP contribution in [0.4, 0.5) is 17.2 Å². The molecule has 0 spiro atoms. The molecule has 0 saturated heterocycles. The predicted octanol–water partition coefficient (Wildman–Crippen LogP) is 1.28. The van der Waals surface area contributed by atoms with E-state index in [1.807, 2.05) is 0 Å². The van der Waals surface area contributed by atoms with Gasteiger partial charge in [0.25, 0.3) is 5.91 Å². The molecule has 8 nitrogen and oxygen atoms in total. The zero-order valence-corrected chi connectivity index (χ0v) is 12.1. The predicted molar refractivity (Wildman–Crippen MR) is 81.7 cm³/mol. The van der Waals surface area contributed by atoms with Gasteiger partial charge in [0.05, 0.1) is 12.8 Å². The lowest BCUT2D eigenvalue weighted by Crippen LogP contribution is -2.17. The molecule has 0 fully saturated rings. The highest BCUT2D eigenvalue weighted by Gasteiger charge is 2.15. The topological polar surface area (TPSA) is 119 Å². The van der Waals surface area contributed by atoms with Gasteiger partial charge in [0, 0.05) is 25.0 Å². The van der Waals surface area contributed by atoms with Gasteiger partial charge in [0.1, 0.15) is 5.75 Å². The van der Waals surface area contributed by atoms with E-state index in [0.717, 1.165) is 0 Å². The van der Waals surface area contributed by atoms with Crippen molar-refractivity contribution in [2.45, 2.75) is 6.92 Å². The summed E-state index contributed by atoms with van der Waals surface area (Å²) in [6, 6.07) is 4.86. The fourth-order valence-corrected chi connectivity index (χ4v) is 1.79. The van der Waals surface area contributed by atoms with E-state index in [0.29, 0.717) is 17.1 Å². The number of anilines is 3. The maximum Gasteiger partial charge on any atom is 0.278 e. The fraction of sp³-hybridized carbons (Fsp3) is 0.143. The molecule has 2 rings (SSSR count). The summed E-state index contributed by atoms with van der Waals surface area (Å²) in [6.45, 7) is 1.39. The molecule has 0 aliphatic heterocycles. The number of ether oxygens (including phenoxy) is 1. The normalized spacial score (nSPS) is 9.91. The van der Waals surface area contributed by atoms with Crippen LogP contribution in [0.1, 0.15) is 17.4 Å². The number of methoxy groups -OCH3 is 1. The second kappa shape index (κ2) is 6.53. The average Bonchev–Trinajstić information content (AvgIpc) is 2.47. The third-order valence-electron chi connectivity index (χ3n) is 2.71. The molecule has 0 aliphatic rings. The van der Waals surface area contributed by atoms with Crippen LogP contribution in [0.3, 0.4) is 0 Å². The maximum absolute atomic E-state index is 12.2. The first-order chi connectivity index (χ1) is 10.5. The minimum atomic E-state index is -0.524. The number of aromatic nitrogens is 2. The van der Waals surface area contributed by atoms with Crippen molar-refractivity contribution < 1.29 is 14.3 Å². The molecule has 0 unspecified atom stereocenters. The van der Waals surface area contributed by atoms with Crippen LogP contribution < -0.4 is 21.1 Å². The van der Waals surface area contributed by atoms with Crippen molar-refractivity contribution in [1.82, 2.24) is 9.97 Å². The average molecular weight is 301 g/mol. The minimum Gasteiger partial charge on any atom is -0.495 e. The number of nitrogens with zero attached hydrogens (tertiary/aromatic N) is 2. The number of benzene rings is 1. The maximum atomic E-state index is 12.2. The van der Waals surface area contributed by atoms with E-state index in [9.17, 15) is 9.59 Å². The molecule has 4 N–H and O–H groups in total. The summed E-state index contributed by atoms with van der Waals surface area (Å²) in [7, 11) is 1.47. The van der Waals surface area contributed by atoms with Crippen molar-refractivity contribution in [3.8, 4) is 5.75 Å². The molecule has 2 amide bonds. The Labute approximate surface area is 126 Å². The summed E-state index contributed by atoms with van der Waals surface area (Å²) >= 11 is 0. The molecule has 0 atom stereocenters. The van der Waals surface area contributed by atoms with Crippen LogP contribution in [0.5, 0.6) is 5.75 Å². The fourth-order valence-electron chi connectivity index (χ4n) is 1.79. The highest BCUT2D eigenvalue weighted by atomic mass is 16.5. The first kappa shape index (κ1) is 15.2. The van der Waals surface area contributed by atoms with E-state index in [2.05, 4.69) is 20.6 Å². The second-order valence-electron chi connectivity index (χ2n) is 4.34.